The lowest BCUT2D eigenvalue weighted by molar-refractivity contribution is 0.197. The van der Waals surface area contributed by atoms with Gasteiger partial charge in [-0.3, -0.25) is 4.90 Å². The molecule has 0 saturated heterocycles. The van der Waals surface area contributed by atoms with Gasteiger partial charge in [0.2, 0.25) is 11.8 Å². The molecular weight excluding hydrogens is 448 g/mol. The fraction of sp³-hybridized carbons (Fsp3) is 0.400. The third-order valence-corrected chi connectivity index (χ3v) is 6.18. The van der Waals surface area contributed by atoms with Crippen LogP contribution in [0.2, 0.25) is 0 Å². The minimum Gasteiger partial charge on any atom is -0.493 e. The van der Waals surface area contributed by atoms with Gasteiger partial charge in [-0.25, -0.2) is 9.97 Å². The minimum absolute atomic E-state index is 0.532. The summed E-state index contributed by atoms with van der Waals surface area (Å²) in [5.41, 5.74) is 4.30. The number of nitrogens with zero attached hydrogens (tertiary/aromatic N) is 5. The molecule has 5 rings (SSSR count). The van der Waals surface area contributed by atoms with Gasteiger partial charge in [-0.15, -0.1) is 5.10 Å². The highest BCUT2D eigenvalue weighted by molar-refractivity contribution is 5.58. The third kappa shape index (κ3) is 4.80. The number of anilines is 1. The molecule has 3 aromatic heterocycles. The zero-order valence-corrected chi connectivity index (χ0v) is 20.3. The second-order valence-electron chi connectivity index (χ2n) is 8.46. The third-order valence-electron chi connectivity index (χ3n) is 6.18. The quantitative estimate of drug-likeness (QED) is 0.344. The molecule has 0 spiro atoms. The molecule has 1 aliphatic heterocycles. The molecule has 1 aromatic carbocycles. The molecule has 0 atom stereocenters. The Morgan fingerprint density at radius 3 is 2.69 bits per heavy atom. The lowest BCUT2D eigenvalue weighted by atomic mass is 9.98. The van der Waals surface area contributed by atoms with E-state index >= 15 is 0 Å². The average molecular weight is 479 g/mol. The van der Waals surface area contributed by atoms with Crippen molar-refractivity contribution in [3.8, 4) is 23.1 Å². The molecule has 0 aliphatic carbocycles. The largest absolute Gasteiger partial charge is 0.493 e. The fourth-order valence-corrected chi connectivity index (χ4v) is 4.40. The van der Waals surface area contributed by atoms with Crippen LogP contribution in [0.4, 0.5) is 5.95 Å². The van der Waals surface area contributed by atoms with E-state index in [0.717, 1.165) is 55.2 Å². The summed E-state index contributed by atoms with van der Waals surface area (Å²) in [6.07, 6.45) is 5.31. The van der Waals surface area contributed by atoms with Crippen LogP contribution in [-0.2, 0) is 24.2 Å². The van der Waals surface area contributed by atoms with E-state index in [0.29, 0.717) is 30.7 Å². The van der Waals surface area contributed by atoms with E-state index in [4.69, 9.17) is 28.7 Å². The number of fused-ring (bicyclic) bond motifs is 2. The van der Waals surface area contributed by atoms with Gasteiger partial charge in [-0.1, -0.05) is 0 Å². The smallest absolute Gasteiger partial charge is 0.225 e. The first kappa shape index (κ1) is 23.1. The second kappa shape index (κ2) is 10.3. The van der Waals surface area contributed by atoms with Crippen molar-refractivity contribution < 1.29 is 18.6 Å². The van der Waals surface area contributed by atoms with Crippen LogP contribution >= 0.6 is 0 Å². The second-order valence-corrected chi connectivity index (χ2v) is 8.46. The van der Waals surface area contributed by atoms with Gasteiger partial charge in [0, 0.05) is 51.7 Å². The molecule has 10 heteroatoms. The van der Waals surface area contributed by atoms with Crippen molar-refractivity contribution in [3.05, 3.63) is 53.4 Å². The van der Waals surface area contributed by atoms with Gasteiger partial charge >= 0.3 is 0 Å². The maximum atomic E-state index is 5.54. The summed E-state index contributed by atoms with van der Waals surface area (Å²) < 4.78 is 23.4. The summed E-state index contributed by atoms with van der Waals surface area (Å²) >= 11 is 0. The molecule has 0 bridgehead atoms. The Labute approximate surface area is 203 Å². The molecule has 0 radical (unpaired) electrons. The van der Waals surface area contributed by atoms with Crippen molar-refractivity contribution >= 4 is 11.6 Å². The Balaban J connectivity index is 1.42. The number of rotatable bonds is 10. The summed E-state index contributed by atoms with van der Waals surface area (Å²) in [4.78, 5) is 11.9. The summed E-state index contributed by atoms with van der Waals surface area (Å²) in [6.45, 7) is 3.82. The first-order valence-electron chi connectivity index (χ1n) is 11.7. The number of hydrogen-bond acceptors (Lipinski definition) is 9. The highest BCUT2D eigenvalue weighted by Gasteiger charge is 2.22. The SMILES string of the molecule is COCCCNc1ncc(CN2CCc3cc(OC)c(OC)cc3C2)c2nc(-c3ccco3)nn12. The normalized spacial score (nSPS) is 13.7. The van der Waals surface area contributed by atoms with E-state index in [1.165, 1.54) is 11.1 Å². The maximum Gasteiger partial charge on any atom is 0.225 e. The van der Waals surface area contributed by atoms with E-state index < -0.39 is 0 Å². The van der Waals surface area contributed by atoms with Gasteiger partial charge in [0.05, 0.1) is 20.5 Å². The Morgan fingerprint density at radius 1 is 1.11 bits per heavy atom. The van der Waals surface area contributed by atoms with Gasteiger partial charge in [-0.2, -0.15) is 4.52 Å². The highest BCUT2D eigenvalue weighted by atomic mass is 16.5. The minimum atomic E-state index is 0.532. The van der Waals surface area contributed by atoms with Crippen LogP contribution in [0.25, 0.3) is 17.2 Å². The van der Waals surface area contributed by atoms with Crippen molar-refractivity contribution in [2.75, 3.05) is 46.3 Å². The monoisotopic (exact) mass is 478 g/mol. The molecule has 4 heterocycles. The number of ether oxygens (including phenoxy) is 3. The van der Waals surface area contributed by atoms with Crippen LogP contribution < -0.4 is 14.8 Å². The van der Waals surface area contributed by atoms with Crippen LogP contribution in [0.3, 0.4) is 0 Å². The fourth-order valence-electron chi connectivity index (χ4n) is 4.40. The highest BCUT2D eigenvalue weighted by Crippen LogP contribution is 2.33. The molecule has 35 heavy (non-hydrogen) atoms. The van der Waals surface area contributed by atoms with Crippen molar-refractivity contribution in [2.45, 2.75) is 25.9 Å². The van der Waals surface area contributed by atoms with E-state index in [1.54, 1.807) is 32.1 Å². The van der Waals surface area contributed by atoms with Crippen LogP contribution in [0.15, 0.2) is 41.1 Å². The molecule has 0 unspecified atom stereocenters. The lowest BCUT2D eigenvalue weighted by Gasteiger charge is -2.29. The van der Waals surface area contributed by atoms with Gasteiger partial charge in [0.25, 0.3) is 0 Å². The van der Waals surface area contributed by atoms with Gasteiger partial charge in [-0.05, 0) is 48.2 Å². The molecule has 1 aliphatic rings. The van der Waals surface area contributed by atoms with Gasteiger partial charge in [0.1, 0.15) is 0 Å². The van der Waals surface area contributed by atoms with Crippen LogP contribution in [0.1, 0.15) is 23.1 Å². The van der Waals surface area contributed by atoms with E-state index in [1.807, 2.05) is 18.3 Å². The zero-order valence-electron chi connectivity index (χ0n) is 20.3. The number of benzene rings is 1. The number of methoxy groups -OCH3 is 3. The lowest BCUT2D eigenvalue weighted by Crippen LogP contribution is -2.30. The number of furan rings is 1. The van der Waals surface area contributed by atoms with Crippen LogP contribution in [-0.4, -0.2) is 65.5 Å². The Hall–Kier alpha value is -3.63. The van der Waals surface area contributed by atoms with E-state index in [-0.39, 0.29) is 0 Å². The van der Waals surface area contributed by atoms with Crippen LogP contribution in [0.5, 0.6) is 11.5 Å². The van der Waals surface area contributed by atoms with Gasteiger partial charge in [0.15, 0.2) is 22.9 Å². The molecule has 184 valence electrons. The Morgan fingerprint density at radius 2 is 1.94 bits per heavy atom. The predicted octanol–water partition coefficient (Wildman–Crippen LogP) is 3.41. The summed E-state index contributed by atoms with van der Waals surface area (Å²) in [5.74, 6) is 3.32. The Bertz CT molecular complexity index is 1290. The predicted molar refractivity (Wildman–Crippen MR) is 131 cm³/mol. The van der Waals surface area contributed by atoms with E-state index in [2.05, 4.69) is 27.3 Å². The topological polar surface area (TPSA) is 99.2 Å². The van der Waals surface area contributed by atoms with Crippen molar-refractivity contribution in [3.63, 3.8) is 0 Å². The molecule has 0 saturated carbocycles. The summed E-state index contributed by atoms with van der Waals surface area (Å²) in [7, 11) is 5.03. The number of aromatic nitrogens is 4. The van der Waals surface area contributed by atoms with Crippen LogP contribution in [0, 0.1) is 0 Å². The molecular formula is C25H30N6O4. The summed E-state index contributed by atoms with van der Waals surface area (Å²) in [5, 5.41) is 8.04. The zero-order chi connectivity index (χ0) is 24.2. The maximum absolute atomic E-state index is 5.54. The Kier molecular flexibility index (Phi) is 6.82. The van der Waals surface area contributed by atoms with Gasteiger partial charge < -0.3 is 23.9 Å². The molecule has 10 nitrogen and oxygen atoms in total. The molecule has 4 aromatic rings. The van der Waals surface area contributed by atoms with Crippen molar-refractivity contribution in [2.24, 2.45) is 0 Å². The number of hydrogen-bond donors (Lipinski definition) is 1. The summed E-state index contributed by atoms with van der Waals surface area (Å²) in [6, 6.07) is 7.85. The standard InChI is InChI=1S/C25H30N6O4/c1-32-10-5-8-26-25-27-14-19(24-28-23(29-31(24)25)20-6-4-11-35-20)16-30-9-7-17-12-21(33-2)22(34-3)13-18(17)15-30/h4,6,11-14H,5,7-10,15-16H2,1-3H3,(H,26,27). The molecule has 0 fully saturated rings. The molecule has 0 amide bonds. The van der Waals surface area contributed by atoms with Crippen molar-refractivity contribution in [1.29, 1.82) is 0 Å². The number of nitrogens with one attached hydrogen (secondary N) is 1. The first-order valence-corrected chi connectivity index (χ1v) is 11.7. The molecule has 1 N–H and O–H groups in total. The van der Waals surface area contributed by atoms with Crippen molar-refractivity contribution in [1.82, 2.24) is 24.5 Å². The van der Waals surface area contributed by atoms with E-state index in [9.17, 15) is 0 Å². The average Bonchev–Trinajstić information content (AvgIpc) is 3.57. The first-order chi connectivity index (χ1) is 17.2.